The van der Waals surface area contributed by atoms with Crippen LogP contribution in [0.4, 0.5) is 0 Å². The summed E-state index contributed by atoms with van der Waals surface area (Å²) in [4.78, 5) is 19.3. The second-order valence-corrected chi connectivity index (χ2v) is 7.22. The van der Waals surface area contributed by atoms with Crippen LogP contribution in [-0.2, 0) is 0 Å². The third-order valence-corrected chi connectivity index (χ3v) is 4.44. The van der Waals surface area contributed by atoms with Crippen molar-refractivity contribution in [3.8, 4) is 0 Å². The van der Waals surface area contributed by atoms with Crippen LogP contribution >= 0.6 is 0 Å². The van der Waals surface area contributed by atoms with Crippen molar-refractivity contribution in [3.63, 3.8) is 0 Å². The Morgan fingerprint density at radius 3 is 2.92 bits per heavy atom. The van der Waals surface area contributed by atoms with Crippen LogP contribution in [0.2, 0.25) is 0 Å². The summed E-state index contributed by atoms with van der Waals surface area (Å²) in [6.07, 6.45) is 1.13. The Morgan fingerprint density at radius 2 is 2.17 bits per heavy atom. The zero-order valence-electron chi connectivity index (χ0n) is 14.9. The van der Waals surface area contributed by atoms with E-state index in [0.717, 1.165) is 37.4 Å². The van der Waals surface area contributed by atoms with Gasteiger partial charge in [-0.05, 0) is 44.7 Å². The lowest BCUT2D eigenvalue weighted by Gasteiger charge is -2.18. The number of fused-ring (bicyclic) bond motifs is 1. The van der Waals surface area contributed by atoms with Gasteiger partial charge in [0.15, 0.2) is 0 Å². The molecule has 0 bridgehead atoms. The molecule has 1 saturated heterocycles. The number of nitrogens with zero attached hydrogens (tertiary/aromatic N) is 5. The first-order valence-electron chi connectivity index (χ1n) is 8.64. The summed E-state index contributed by atoms with van der Waals surface area (Å²) >= 11 is 0. The molecule has 2 aromatic rings. The molecule has 0 aromatic carbocycles. The van der Waals surface area contributed by atoms with Gasteiger partial charge in [0.1, 0.15) is 0 Å². The van der Waals surface area contributed by atoms with Gasteiger partial charge in [-0.1, -0.05) is 13.8 Å². The Labute approximate surface area is 142 Å². The molecule has 7 heteroatoms. The molecule has 3 rings (SSSR count). The zero-order valence-corrected chi connectivity index (χ0v) is 14.9. The number of amides is 1. The van der Waals surface area contributed by atoms with E-state index in [1.807, 2.05) is 19.9 Å². The molecule has 0 spiro atoms. The van der Waals surface area contributed by atoms with Gasteiger partial charge in [-0.15, -0.1) is 10.2 Å². The van der Waals surface area contributed by atoms with Gasteiger partial charge in [0.05, 0.1) is 0 Å². The van der Waals surface area contributed by atoms with Gasteiger partial charge in [-0.25, -0.2) is 4.98 Å². The summed E-state index contributed by atoms with van der Waals surface area (Å²) < 4.78 is 1.71. The summed E-state index contributed by atoms with van der Waals surface area (Å²) in [7, 11) is 0. The van der Waals surface area contributed by atoms with E-state index >= 15 is 0 Å². The summed E-state index contributed by atoms with van der Waals surface area (Å²) in [5.41, 5.74) is 1.78. The van der Waals surface area contributed by atoms with Gasteiger partial charge in [0.25, 0.3) is 11.7 Å². The summed E-state index contributed by atoms with van der Waals surface area (Å²) in [6.45, 7) is 12.3. The third kappa shape index (κ3) is 3.56. The number of nitrogens with one attached hydrogen (secondary N) is 1. The lowest BCUT2D eigenvalue weighted by molar-refractivity contribution is 0.0935. The number of hydrogen-bond donors (Lipinski definition) is 1. The van der Waals surface area contributed by atoms with Crippen LogP contribution in [0.3, 0.4) is 0 Å². The normalized spacial score (nSPS) is 18.6. The highest BCUT2D eigenvalue weighted by molar-refractivity contribution is 5.91. The highest BCUT2D eigenvalue weighted by atomic mass is 16.2. The van der Waals surface area contributed by atoms with Gasteiger partial charge in [-0.3, -0.25) is 9.20 Å². The minimum atomic E-state index is -0.182. The molecule has 130 valence electrons. The predicted molar refractivity (Wildman–Crippen MR) is 92.0 cm³/mol. The second kappa shape index (κ2) is 6.84. The second-order valence-electron chi connectivity index (χ2n) is 7.22. The van der Waals surface area contributed by atoms with E-state index in [2.05, 4.69) is 39.2 Å². The van der Waals surface area contributed by atoms with E-state index in [4.69, 9.17) is 0 Å². The van der Waals surface area contributed by atoms with E-state index in [9.17, 15) is 4.79 Å². The number of carbonyl (C=O) groups excluding carboxylic acids is 1. The largest absolute Gasteiger partial charge is 0.349 e. The molecule has 24 heavy (non-hydrogen) atoms. The molecule has 1 atom stereocenters. The Hall–Kier alpha value is -2.02. The van der Waals surface area contributed by atoms with E-state index in [0.29, 0.717) is 30.0 Å². The van der Waals surface area contributed by atoms with Gasteiger partial charge in [-0.2, -0.15) is 0 Å². The first-order chi connectivity index (χ1) is 11.4. The van der Waals surface area contributed by atoms with Crippen LogP contribution in [0, 0.1) is 25.7 Å². The Morgan fingerprint density at radius 1 is 1.38 bits per heavy atom. The molecule has 0 saturated carbocycles. The number of likely N-dealkylation sites (tertiary alicyclic amines) is 1. The maximum Gasteiger partial charge on any atom is 0.289 e. The van der Waals surface area contributed by atoms with Crippen LogP contribution in [0.5, 0.6) is 0 Å². The molecule has 1 aliphatic heterocycles. The first kappa shape index (κ1) is 16.8. The average Bonchev–Trinajstić information content (AvgIpc) is 3.11. The first-order valence-corrected chi connectivity index (χ1v) is 8.64. The smallest absolute Gasteiger partial charge is 0.289 e. The van der Waals surface area contributed by atoms with E-state index in [-0.39, 0.29) is 5.91 Å². The maximum absolute atomic E-state index is 12.5. The molecule has 0 radical (unpaired) electrons. The molecule has 3 heterocycles. The SMILES string of the molecule is Cc1cc(C)n2c(C(=O)NCC3CCN(CC(C)C)C3)nnc2n1. The lowest BCUT2D eigenvalue weighted by atomic mass is 10.1. The number of hydrogen-bond acceptors (Lipinski definition) is 5. The van der Waals surface area contributed by atoms with Gasteiger partial charge < -0.3 is 10.2 Å². The Kier molecular flexibility index (Phi) is 4.80. The van der Waals surface area contributed by atoms with Crippen molar-refractivity contribution in [1.82, 2.24) is 29.8 Å². The van der Waals surface area contributed by atoms with Crippen molar-refractivity contribution in [2.75, 3.05) is 26.2 Å². The van der Waals surface area contributed by atoms with Crippen LogP contribution in [0.25, 0.3) is 5.78 Å². The molecular formula is C17H26N6O. The topological polar surface area (TPSA) is 75.4 Å². The van der Waals surface area contributed by atoms with Crippen LogP contribution < -0.4 is 5.32 Å². The van der Waals surface area contributed by atoms with E-state index in [1.54, 1.807) is 4.40 Å². The highest BCUT2D eigenvalue weighted by Gasteiger charge is 2.24. The Balaban J connectivity index is 1.62. The summed E-state index contributed by atoms with van der Waals surface area (Å²) in [5, 5.41) is 11.1. The Bertz CT molecular complexity index is 738. The van der Waals surface area contributed by atoms with Gasteiger partial charge >= 0.3 is 0 Å². The zero-order chi connectivity index (χ0) is 17.3. The fourth-order valence-corrected chi connectivity index (χ4v) is 3.46. The third-order valence-electron chi connectivity index (χ3n) is 4.44. The van der Waals surface area contributed by atoms with Crippen molar-refractivity contribution in [1.29, 1.82) is 0 Å². The van der Waals surface area contributed by atoms with Gasteiger partial charge in [0.2, 0.25) is 5.82 Å². The van der Waals surface area contributed by atoms with E-state index in [1.165, 1.54) is 0 Å². The maximum atomic E-state index is 12.5. The highest BCUT2D eigenvalue weighted by Crippen LogP contribution is 2.17. The molecular weight excluding hydrogens is 304 g/mol. The number of aromatic nitrogens is 4. The fourth-order valence-electron chi connectivity index (χ4n) is 3.46. The van der Waals surface area contributed by atoms with Crippen molar-refractivity contribution in [2.45, 2.75) is 34.1 Å². The monoisotopic (exact) mass is 330 g/mol. The van der Waals surface area contributed by atoms with Crippen molar-refractivity contribution < 1.29 is 4.79 Å². The van der Waals surface area contributed by atoms with E-state index < -0.39 is 0 Å². The molecule has 1 N–H and O–H groups in total. The predicted octanol–water partition coefficient (Wildman–Crippen LogP) is 1.45. The van der Waals surface area contributed by atoms with Gasteiger partial charge in [0, 0.05) is 31.0 Å². The average molecular weight is 330 g/mol. The van der Waals surface area contributed by atoms with Crippen molar-refractivity contribution in [3.05, 3.63) is 23.3 Å². The number of aryl methyl sites for hydroxylation is 2. The molecule has 1 fully saturated rings. The molecule has 1 aliphatic rings. The molecule has 7 nitrogen and oxygen atoms in total. The number of rotatable bonds is 5. The molecule has 2 aromatic heterocycles. The minimum absolute atomic E-state index is 0.182. The number of carbonyl (C=O) groups is 1. The van der Waals surface area contributed by atoms with Crippen LogP contribution in [-0.4, -0.2) is 56.6 Å². The fraction of sp³-hybridized carbons (Fsp3) is 0.647. The van der Waals surface area contributed by atoms with Crippen LogP contribution in [0.15, 0.2) is 6.07 Å². The summed E-state index contributed by atoms with van der Waals surface area (Å²) in [6, 6.07) is 1.92. The molecule has 0 aliphatic carbocycles. The lowest BCUT2D eigenvalue weighted by Crippen LogP contribution is -2.33. The quantitative estimate of drug-likeness (QED) is 0.898. The molecule has 1 amide bonds. The van der Waals surface area contributed by atoms with Crippen molar-refractivity contribution in [2.24, 2.45) is 11.8 Å². The minimum Gasteiger partial charge on any atom is -0.349 e. The standard InChI is InChI=1S/C17H26N6O/c1-11(2)9-22-6-5-14(10-22)8-18-16(24)15-20-21-17-19-12(3)7-13(4)23(15)17/h7,11,14H,5-6,8-10H2,1-4H3,(H,18,24). The van der Waals surface area contributed by atoms with Crippen LogP contribution in [0.1, 0.15) is 42.3 Å². The van der Waals surface area contributed by atoms with Crippen molar-refractivity contribution >= 4 is 11.7 Å². The molecule has 1 unspecified atom stereocenters. The summed E-state index contributed by atoms with van der Waals surface area (Å²) in [5.74, 6) is 1.79.